The van der Waals surface area contributed by atoms with E-state index in [4.69, 9.17) is 20.8 Å². The summed E-state index contributed by atoms with van der Waals surface area (Å²) in [4.78, 5) is 23.8. The maximum absolute atomic E-state index is 12.1. The average molecular weight is 413 g/mol. The first-order chi connectivity index (χ1) is 12.6. The Labute approximate surface area is 166 Å². The van der Waals surface area contributed by atoms with Crippen molar-refractivity contribution in [2.24, 2.45) is 0 Å². The van der Waals surface area contributed by atoms with E-state index >= 15 is 0 Å². The van der Waals surface area contributed by atoms with Gasteiger partial charge in [-0.05, 0) is 52.0 Å². The van der Waals surface area contributed by atoms with Gasteiger partial charge >= 0.3 is 6.03 Å². The van der Waals surface area contributed by atoms with Gasteiger partial charge in [-0.2, -0.15) is 0 Å². The summed E-state index contributed by atoms with van der Waals surface area (Å²) < 4.78 is 11.0. The Kier molecular flexibility index (Phi) is 7.09. The molecule has 27 heavy (non-hydrogen) atoms. The van der Waals surface area contributed by atoms with Gasteiger partial charge in [0.2, 0.25) is 5.91 Å². The molecule has 0 bridgehead atoms. The van der Waals surface area contributed by atoms with E-state index in [1.54, 1.807) is 31.2 Å². The van der Waals surface area contributed by atoms with Crippen LogP contribution in [0.25, 0.3) is 0 Å². The topological polar surface area (TPSA) is 106 Å². The number of ether oxygens (including phenoxy) is 1. The maximum atomic E-state index is 12.1. The van der Waals surface area contributed by atoms with Gasteiger partial charge in [0.05, 0.1) is 5.25 Å². The number of urea groups is 1. The van der Waals surface area contributed by atoms with Crippen molar-refractivity contribution in [1.29, 1.82) is 0 Å². The van der Waals surface area contributed by atoms with Gasteiger partial charge in [-0.1, -0.05) is 23.4 Å². The fraction of sp³-hybridized carbons (Fsp3) is 0.412. The van der Waals surface area contributed by atoms with Crippen molar-refractivity contribution in [1.82, 2.24) is 20.8 Å². The molecule has 3 amide bonds. The Hall–Kier alpha value is -2.26. The Morgan fingerprint density at radius 2 is 1.93 bits per heavy atom. The molecule has 1 atom stereocenters. The number of hydrogen-bond acceptors (Lipinski definition) is 7. The number of amides is 3. The summed E-state index contributed by atoms with van der Waals surface area (Å²) >= 11 is 6.86. The maximum Gasteiger partial charge on any atom is 0.321 e. The Morgan fingerprint density at radius 1 is 1.26 bits per heavy atom. The molecule has 0 unspecified atom stereocenters. The number of benzene rings is 1. The van der Waals surface area contributed by atoms with E-state index < -0.39 is 22.7 Å². The minimum Gasteiger partial charge on any atom is -0.484 e. The second-order valence-corrected chi connectivity index (χ2v) is 8.39. The SMILES string of the molecule is C[C@H](Sc1nnc(COc2ccc(Cl)cc2)o1)C(=O)NC(=O)NC(C)(C)C. The lowest BCUT2D eigenvalue weighted by Gasteiger charge is -2.20. The molecule has 0 aliphatic heterocycles. The first-order valence-corrected chi connectivity index (χ1v) is 9.38. The van der Waals surface area contributed by atoms with E-state index in [-0.39, 0.29) is 17.7 Å². The Balaban J connectivity index is 1.82. The minimum atomic E-state index is -0.596. The number of aromatic nitrogens is 2. The number of nitrogens with zero attached hydrogens (tertiary/aromatic N) is 2. The number of nitrogens with one attached hydrogen (secondary N) is 2. The third-order valence-corrected chi connectivity index (χ3v) is 4.18. The first-order valence-electron chi connectivity index (χ1n) is 8.13. The van der Waals surface area contributed by atoms with Gasteiger partial charge in [-0.25, -0.2) is 4.79 Å². The number of hydrogen-bond donors (Lipinski definition) is 2. The van der Waals surface area contributed by atoms with Gasteiger partial charge in [-0.15, -0.1) is 10.2 Å². The standard InChI is InChI=1S/C17H21ClN4O4S/c1-10(14(23)19-15(24)20-17(2,3)4)27-16-22-21-13(26-16)9-25-12-7-5-11(18)6-8-12/h5-8,10H,9H2,1-4H3,(H2,19,20,23,24)/t10-/m0/s1. The molecule has 0 spiro atoms. The van der Waals surface area contributed by atoms with Gasteiger partial charge in [0.25, 0.3) is 11.1 Å². The second kappa shape index (κ2) is 9.09. The summed E-state index contributed by atoms with van der Waals surface area (Å²) in [6.45, 7) is 7.19. The molecule has 10 heteroatoms. The zero-order valence-corrected chi connectivity index (χ0v) is 17.0. The first kappa shape index (κ1) is 21.0. The molecule has 0 saturated heterocycles. The molecule has 2 N–H and O–H groups in total. The minimum absolute atomic E-state index is 0.0871. The van der Waals surface area contributed by atoms with E-state index in [1.165, 1.54) is 0 Å². The highest BCUT2D eigenvalue weighted by Crippen LogP contribution is 2.23. The van der Waals surface area contributed by atoms with Crippen molar-refractivity contribution in [3.8, 4) is 5.75 Å². The van der Waals surface area contributed by atoms with Crippen LogP contribution in [-0.2, 0) is 11.4 Å². The van der Waals surface area contributed by atoms with Gasteiger partial charge in [-0.3, -0.25) is 10.1 Å². The highest BCUT2D eigenvalue weighted by Gasteiger charge is 2.22. The van der Waals surface area contributed by atoms with E-state index in [2.05, 4.69) is 20.8 Å². The lowest BCUT2D eigenvalue weighted by Crippen LogP contribution is -2.49. The van der Waals surface area contributed by atoms with E-state index in [0.29, 0.717) is 10.8 Å². The van der Waals surface area contributed by atoms with Gasteiger partial charge < -0.3 is 14.5 Å². The molecular weight excluding hydrogens is 392 g/mol. The van der Waals surface area contributed by atoms with Crippen molar-refractivity contribution in [2.45, 2.75) is 50.3 Å². The van der Waals surface area contributed by atoms with Crippen LogP contribution in [0.5, 0.6) is 5.75 Å². The van der Waals surface area contributed by atoms with Crippen molar-refractivity contribution >= 4 is 35.3 Å². The van der Waals surface area contributed by atoms with E-state index in [9.17, 15) is 9.59 Å². The quantitative estimate of drug-likeness (QED) is 0.700. The Bertz CT molecular complexity index is 789. The number of halogens is 1. The number of thioether (sulfide) groups is 1. The summed E-state index contributed by atoms with van der Waals surface area (Å²) in [5, 5.41) is 12.9. The van der Waals surface area contributed by atoms with Crippen molar-refractivity contribution < 1.29 is 18.7 Å². The normalized spacial score (nSPS) is 12.3. The average Bonchev–Trinajstić information content (AvgIpc) is 3.00. The molecule has 1 aromatic heterocycles. The molecule has 146 valence electrons. The van der Waals surface area contributed by atoms with E-state index in [0.717, 1.165) is 11.8 Å². The number of rotatable bonds is 6. The van der Waals surface area contributed by atoms with Crippen LogP contribution in [-0.4, -0.2) is 32.9 Å². The van der Waals surface area contributed by atoms with Crippen LogP contribution < -0.4 is 15.4 Å². The molecule has 0 aliphatic carbocycles. The molecule has 0 saturated carbocycles. The number of carbonyl (C=O) groups excluding carboxylic acids is 2. The molecule has 0 fully saturated rings. The molecule has 2 aromatic rings. The van der Waals surface area contributed by atoms with Gasteiger partial charge in [0.1, 0.15) is 5.75 Å². The van der Waals surface area contributed by atoms with Crippen LogP contribution in [0.15, 0.2) is 33.9 Å². The molecule has 8 nitrogen and oxygen atoms in total. The predicted octanol–water partition coefficient (Wildman–Crippen LogP) is 3.41. The van der Waals surface area contributed by atoms with Crippen LogP contribution in [0.1, 0.15) is 33.6 Å². The van der Waals surface area contributed by atoms with Crippen molar-refractivity contribution in [3.63, 3.8) is 0 Å². The van der Waals surface area contributed by atoms with E-state index in [1.807, 2.05) is 20.8 Å². The summed E-state index contributed by atoms with van der Waals surface area (Å²) in [6, 6.07) is 6.32. The third kappa shape index (κ3) is 7.48. The summed E-state index contributed by atoms with van der Waals surface area (Å²) in [6.07, 6.45) is 0. The van der Waals surface area contributed by atoms with Crippen LogP contribution in [0.4, 0.5) is 4.79 Å². The molecule has 1 heterocycles. The van der Waals surface area contributed by atoms with Crippen LogP contribution in [0.2, 0.25) is 5.02 Å². The fourth-order valence-corrected chi connectivity index (χ4v) is 2.64. The zero-order valence-electron chi connectivity index (χ0n) is 15.4. The van der Waals surface area contributed by atoms with Gasteiger partial charge in [0, 0.05) is 10.6 Å². The largest absolute Gasteiger partial charge is 0.484 e. The smallest absolute Gasteiger partial charge is 0.321 e. The second-order valence-electron chi connectivity index (χ2n) is 6.66. The molecule has 0 aliphatic rings. The summed E-state index contributed by atoms with van der Waals surface area (Å²) in [5.74, 6) is 0.425. The predicted molar refractivity (Wildman–Crippen MR) is 102 cm³/mol. The summed E-state index contributed by atoms with van der Waals surface area (Å²) in [5.41, 5.74) is -0.438. The third-order valence-electron chi connectivity index (χ3n) is 3.00. The lowest BCUT2D eigenvalue weighted by molar-refractivity contribution is -0.119. The number of carbonyl (C=O) groups is 2. The van der Waals surface area contributed by atoms with Crippen molar-refractivity contribution in [3.05, 3.63) is 35.2 Å². The fourth-order valence-electron chi connectivity index (χ4n) is 1.81. The highest BCUT2D eigenvalue weighted by atomic mass is 35.5. The molecule has 2 rings (SSSR count). The van der Waals surface area contributed by atoms with Crippen LogP contribution >= 0.6 is 23.4 Å². The summed E-state index contributed by atoms with van der Waals surface area (Å²) in [7, 11) is 0. The van der Waals surface area contributed by atoms with Gasteiger partial charge in [0.15, 0.2) is 6.61 Å². The molecule has 1 aromatic carbocycles. The van der Waals surface area contributed by atoms with Crippen molar-refractivity contribution in [2.75, 3.05) is 0 Å². The zero-order chi connectivity index (χ0) is 20.0. The monoisotopic (exact) mass is 412 g/mol. The van der Waals surface area contributed by atoms with Crippen LogP contribution in [0.3, 0.4) is 0 Å². The number of imide groups is 1. The highest BCUT2D eigenvalue weighted by molar-refractivity contribution is 8.00. The van der Waals surface area contributed by atoms with Crippen LogP contribution in [0, 0.1) is 0 Å². The Morgan fingerprint density at radius 3 is 2.56 bits per heavy atom. The molecule has 0 radical (unpaired) electrons. The molecular formula is C17H21ClN4O4S. The lowest BCUT2D eigenvalue weighted by atomic mass is 10.1.